The van der Waals surface area contributed by atoms with Crippen molar-refractivity contribution in [3.63, 3.8) is 0 Å². The Hall–Kier alpha value is -1.95. The molecule has 4 aliphatic rings. The van der Waals surface area contributed by atoms with Crippen molar-refractivity contribution in [2.75, 3.05) is 26.6 Å². The van der Waals surface area contributed by atoms with Gasteiger partial charge in [-0.05, 0) is 50.4 Å². The fourth-order valence-corrected chi connectivity index (χ4v) is 6.62. The molecule has 1 aromatic rings. The normalized spacial score (nSPS) is 32.7. The first-order valence-electron chi connectivity index (χ1n) is 9.66. The van der Waals surface area contributed by atoms with Crippen molar-refractivity contribution in [2.45, 2.75) is 43.4 Å². The van der Waals surface area contributed by atoms with Gasteiger partial charge in [0, 0.05) is 17.0 Å². The van der Waals surface area contributed by atoms with Gasteiger partial charge in [0.1, 0.15) is 0 Å². The summed E-state index contributed by atoms with van der Waals surface area (Å²) in [6, 6.07) is 3.14. The lowest BCUT2D eigenvalue weighted by Gasteiger charge is -2.59. The number of hydrogen-bond donors (Lipinski definition) is 1. The lowest BCUT2D eigenvalue weighted by atomic mass is 9.49. The number of alkyl halides is 1. The number of carbonyl (C=O) groups excluding carboxylic acids is 2. The van der Waals surface area contributed by atoms with Gasteiger partial charge in [-0.25, -0.2) is 4.79 Å². The molecule has 4 fully saturated rings. The van der Waals surface area contributed by atoms with Crippen LogP contribution in [-0.2, 0) is 9.53 Å². The Morgan fingerprint density at radius 3 is 2.18 bits per heavy atom. The van der Waals surface area contributed by atoms with Gasteiger partial charge in [0.2, 0.25) is 5.91 Å². The van der Waals surface area contributed by atoms with Gasteiger partial charge in [-0.1, -0.05) is 0 Å². The molecule has 0 heterocycles. The van der Waals surface area contributed by atoms with Crippen molar-refractivity contribution in [3.05, 3.63) is 17.7 Å². The van der Waals surface area contributed by atoms with Crippen LogP contribution >= 0.6 is 11.6 Å². The highest BCUT2D eigenvalue weighted by molar-refractivity contribution is 6.24. The summed E-state index contributed by atoms with van der Waals surface area (Å²) in [6.07, 6.45) is 5.61. The van der Waals surface area contributed by atoms with E-state index in [2.05, 4.69) is 5.32 Å². The molecule has 0 saturated heterocycles. The summed E-state index contributed by atoms with van der Waals surface area (Å²) in [5, 5.41) is 2.99. The summed E-state index contributed by atoms with van der Waals surface area (Å²) in [4.78, 5) is 25.5. The van der Waals surface area contributed by atoms with Gasteiger partial charge in [0.15, 0.2) is 11.5 Å². The Kier molecular flexibility index (Phi) is 4.73. The first-order valence-corrected chi connectivity index (χ1v) is 10.0. The molecule has 0 spiro atoms. The van der Waals surface area contributed by atoms with Crippen molar-refractivity contribution >= 4 is 29.2 Å². The topological polar surface area (TPSA) is 73.9 Å². The van der Waals surface area contributed by atoms with Crippen LogP contribution in [-0.4, -0.2) is 38.1 Å². The molecular weight excluding hydrogens is 382 g/mol. The molecule has 1 N–H and O–H groups in total. The Morgan fingerprint density at radius 1 is 1.04 bits per heavy atom. The van der Waals surface area contributed by atoms with Crippen LogP contribution in [0.4, 0.5) is 5.69 Å². The molecule has 6 nitrogen and oxygen atoms in total. The predicted molar refractivity (Wildman–Crippen MR) is 105 cm³/mol. The number of methoxy groups -OCH3 is 3. The molecule has 4 saturated carbocycles. The van der Waals surface area contributed by atoms with Crippen LogP contribution < -0.4 is 14.8 Å². The first kappa shape index (κ1) is 19.4. The molecule has 0 radical (unpaired) electrons. The zero-order valence-electron chi connectivity index (χ0n) is 16.5. The fraction of sp³-hybridized carbons (Fsp3) is 0.619. The molecule has 4 bridgehead atoms. The third-order valence-electron chi connectivity index (χ3n) is 6.65. The number of amides is 1. The third kappa shape index (κ3) is 3.11. The summed E-state index contributed by atoms with van der Waals surface area (Å²) < 4.78 is 15.5. The van der Waals surface area contributed by atoms with Crippen molar-refractivity contribution in [3.8, 4) is 11.5 Å². The van der Waals surface area contributed by atoms with Crippen molar-refractivity contribution in [1.29, 1.82) is 0 Å². The van der Waals surface area contributed by atoms with Crippen LogP contribution in [0, 0.1) is 17.3 Å². The van der Waals surface area contributed by atoms with Crippen LogP contribution in [0.5, 0.6) is 11.5 Å². The minimum Gasteiger partial charge on any atom is -0.493 e. The van der Waals surface area contributed by atoms with Crippen molar-refractivity contribution in [1.82, 2.24) is 0 Å². The van der Waals surface area contributed by atoms with E-state index in [-0.39, 0.29) is 16.3 Å². The summed E-state index contributed by atoms with van der Waals surface area (Å²) in [5.74, 6) is 1.24. The second kappa shape index (κ2) is 6.83. The molecule has 5 rings (SSSR count). The van der Waals surface area contributed by atoms with Crippen LogP contribution in [0.25, 0.3) is 0 Å². The second-order valence-corrected chi connectivity index (χ2v) is 9.39. The number of carbonyl (C=O) groups is 2. The highest BCUT2D eigenvalue weighted by Crippen LogP contribution is 2.64. The zero-order valence-corrected chi connectivity index (χ0v) is 17.2. The average Bonchev–Trinajstić information content (AvgIpc) is 2.65. The number of anilines is 1. The maximum absolute atomic E-state index is 13.4. The van der Waals surface area contributed by atoms with Gasteiger partial charge >= 0.3 is 5.97 Å². The second-order valence-electron chi connectivity index (χ2n) is 8.59. The van der Waals surface area contributed by atoms with Gasteiger partial charge in [-0.15, -0.1) is 11.6 Å². The minimum absolute atomic E-state index is 0.0657. The van der Waals surface area contributed by atoms with Crippen LogP contribution in [0.1, 0.15) is 48.9 Å². The average molecular weight is 408 g/mol. The SMILES string of the molecule is COC(=O)c1cc(OC)c(OC)cc1NC(=O)C12C[C@@H]3C[C@@H](CC(Cl)(C3)C1)C2. The van der Waals surface area contributed by atoms with E-state index >= 15 is 0 Å². The van der Waals surface area contributed by atoms with E-state index in [9.17, 15) is 9.59 Å². The van der Waals surface area contributed by atoms with Gasteiger partial charge in [-0.3, -0.25) is 4.79 Å². The Balaban J connectivity index is 1.67. The van der Waals surface area contributed by atoms with E-state index in [1.165, 1.54) is 33.8 Å². The number of esters is 1. The first-order chi connectivity index (χ1) is 13.3. The molecule has 0 aliphatic heterocycles. The summed E-state index contributed by atoms with van der Waals surface area (Å²) in [7, 11) is 4.31. The fourth-order valence-electron chi connectivity index (χ4n) is 5.93. The quantitative estimate of drug-likeness (QED) is 0.589. The van der Waals surface area contributed by atoms with Crippen molar-refractivity contribution in [2.24, 2.45) is 17.3 Å². The lowest BCUT2D eigenvalue weighted by Crippen LogP contribution is -2.57. The molecule has 4 aliphatic carbocycles. The van der Waals surface area contributed by atoms with Crippen molar-refractivity contribution < 1.29 is 23.8 Å². The highest BCUT2D eigenvalue weighted by atomic mass is 35.5. The largest absolute Gasteiger partial charge is 0.493 e. The summed E-state index contributed by atoms with van der Waals surface area (Å²) in [5.41, 5.74) is 0.138. The maximum atomic E-state index is 13.4. The van der Waals surface area contributed by atoms with Gasteiger partial charge in [0.05, 0.1) is 38.0 Å². The number of nitrogens with one attached hydrogen (secondary N) is 1. The predicted octanol–water partition coefficient (Wildman–Crippen LogP) is 4.01. The molecular formula is C21H26ClNO5. The smallest absolute Gasteiger partial charge is 0.340 e. The van der Waals surface area contributed by atoms with Gasteiger partial charge in [0.25, 0.3) is 0 Å². The molecule has 2 unspecified atom stereocenters. The number of halogens is 1. The Labute approximate surface area is 169 Å². The van der Waals surface area contributed by atoms with Crippen LogP contribution in [0.2, 0.25) is 0 Å². The molecule has 7 heteroatoms. The van der Waals surface area contributed by atoms with E-state index in [0.29, 0.717) is 35.4 Å². The van der Waals surface area contributed by atoms with Gasteiger partial charge in [-0.2, -0.15) is 0 Å². The number of benzene rings is 1. The summed E-state index contributed by atoms with van der Waals surface area (Å²) in [6.45, 7) is 0. The molecule has 1 amide bonds. The van der Waals surface area contributed by atoms with E-state index < -0.39 is 11.4 Å². The minimum atomic E-state index is -0.546. The zero-order chi connectivity index (χ0) is 20.1. The number of ether oxygens (including phenoxy) is 3. The third-order valence-corrected chi connectivity index (χ3v) is 7.09. The lowest BCUT2D eigenvalue weighted by molar-refractivity contribution is -0.138. The van der Waals surface area contributed by atoms with E-state index in [0.717, 1.165) is 25.7 Å². The Bertz CT molecular complexity index is 809. The molecule has 152 valence electrons. The Morgan fingerprint density at radius 2 is 1.64 bits per heavy atom. The van der Waals surface area contributed by atoms with Crippen LogP contribution in [0.3, 0.4) is 0 Å². The van der Waals surface area contributed by atoms with E-state index in [4.69, 9.17) is 25.8 Å². The molecule has 0 aromatic heterocycles. The van der Waals surface area contributed by atoms with E-state index in [1.807, 2.05) is 0 Å². The standard InChI is InChI=1S/C21H26ClNO5/c1-26-16-5-14(18(24)28-3)15(6-17(16)27-2)23-19(25)20-7-12-4-13(8-20)10-21(22,9-12)11-20/h5-6,12-13H,4,7-11H2,1-3H3,(H,23,25)/t12-,13+,20?,21?. The molecule has 4 atom stereocenters. The molecule has 1 aromatic carbocycles. The maximum Gasteiger partial charge on any atom is 0.340 e. The van der Waals surface area contributed by atoms with Crippen LogP contribution in [0.15, 0.2) is 12.1 Å². The highest BCUT2D eigenvalue weighted by Gasteiger charge is 2.60. The number of hydrogen-bond acceptors (Lipinski definition) is 5. The van der Waals surface area contributed by atoms with E-state index in [1.54, 1.807) is 6.07 Å². The summed E-state index contributed by atoms with van der Waals surface area (Å²) >= 11 is 6.87. The molecule has 28 heavy (non-hydrogen) atoms. The van der Waals surface area contributed by atoms with Gasteiger partial charge < -0.3 is 19.5 Å². The number of rotatable bonds is 5. The monoisotopic (exact) mass is 407 g/mol.